The minimum Gasteiger partial charge on any atom is -0.351 e. The molecule has 1 N–H and O–H groups in total. The molecule has 0 aliphatic heterocycles. The van der Waals surface area contributed by atoms with Crippen LogP contribution in [0, 0.1) is 0 Å². The fraction of sp³-hybridized carbons (Fsp3) is 0.538. The summed E-state index contributed by atoms with van der Waals surface area (Å²) in [5.41, 5.74) is 1.18. The van der Waals surface area contributed by atoms with E-state index < -0.39 is 0 Å². The van der Waals surface area contributed by atoms with Crippen molar-refractivity contribution in [3.63, 3.8) is 0 Å². The molecule has 0 unspecified atom stereocenters. The van der Waals surface area contributed by atoms with Gasteiger partial charge in [0.05, 0.1) is 6.20 Å². The van der Waals surface area contributed by atoms with Gasteiger partial charge in [0.25, 0.3) is 0 Å². The second kappa shape index (κ2) is 4.84. The Hall–Kier alpha value is -1.78. The standard InChI is InChI=1S/C13H19N5/c1-17-10-11(9-16-17)8-15-13-14-6-7-18(13)12-4-2-3-5-12/h6-7,9-10,12H,2-5,8H2,1H3,(H,14,15). The van der Waals surface area contributed by atoms with Crippen LogP contribution in [0.25, 0.3) is 0 Å². The van der Waals surface area contributed by atoms with E-state index >= 15 is 0 Å². The fourth-order valence-electron chi connectivity index (χ4n) is 2.67. The van der Waals surface area contributed by atoms with Crippen LogP contribution in [0.15, 0.2) is 24.8 Å². The van der Waals surface area contributed by atoms with Gasteiger partial charge < -0.3 is 9.88 Å². The average Bonchev–Trinajstić information content (AvgIpc) is 3.07. The Kier molecular flexibility index (Phi) is 3.04. The van der Waals surface area contributed by atoms with Crippen molar-refractivity contribution in [2.24, 2.45) is 7.05 Å². The third-order valence-corrected chi connectivity index (χ3v) is 3.60. The molecule has 1 fully saturated rings. The van der Waals surface area contributed by atoms with Gasteiger partial charge in [0.2, 0.25) is 5.95 Å². The maximum atomic E-state index is 4.41. The van der Waals surface area contributed by atoms with Crippen molar-refractivity contribution in [2.75, 3.05) is 5.32 Å². The number of rotatable bonds is 4. The van der Waals surface area contributed by atoms with Crippen molar-refractivity contribution in [1.82, 2.24) is 19.3 Å². The summed E-state index contributed by atoms with van der Waals surface area (Å²) in [6.45, 7) is 0.775. The highest BCUT2D eigenvalue weighted by Crippen LogP contribution is 2.31. The Bertz CT molecular complexity index is 507. The van der Waals surface area contributed by atoms with Gasteiger partial charge in [-0.25, -0.2) is 4.98 Å². The molecule has 1 aliphatic carbocycles. The van der Waals surface area contributed by atoms with E-state index in [2.05, 4.69) is 26.2 Å². The zero-order chi connectivity index (χ0) is 12.4. The minimum absolute atomic E-state index is 0.629. The molecule has 1 saturated carbocycles. The molecule has 0 saturated heterocycles. The Morgan fingerprint density at radius 3 is 2.94 bits per heavy atom. The van der Waals surface area contributed by atoms with Gasteiger partial charge in [-0.3, -0.25) is 4.68 Å². The van der Waals surface area contributed by atoms with Crippen LogP contribution in [0.5, 0.6) is 0 Å². The maximum absolute atomic E-state index is 4.41. The van der Waals surface area contributed by atoms with E-state index in [0.717, 1.165) is 12.5 Å². The third kappa shape index (κ3) is 2.25. The van der Waals surface area contributed by atoms with Crippen LogP contribution in [0.2, 0.25) is 0 Å². The zero-order valence-corrected chi connectivity index (χ0v) is 10.7. The number of imidazole rings is 1. The normalized spacial score (nSPS) is 16.3. The van der Waals surface area contributed by atoms with Gasteiger partial charge in [-0.05, 0) is 12.8 Å². The first-order valence-electron chi connectivity index (χ1n) is 6.57. The smallest absolute Gasteiger partial charge is 0.203 e. The number of aryl methyl sites for hydroxylation is 1. The third-order valence-electron chi connectivity index (χ3n) is 3.60. The zero-order valence-electron chi connectivity index (χ0n) is 10.7. The number of anilines is 1. The average molecular weight is 245 g/mol. The summed E-state index contributed by atoms with van der Waals surface area (Å²) < 4.78 is 4.10. The van der Waals surface area contributed by atoms with Crippen molar-refractivity contribution >= 4 is 5.95 Å². The summed E-state index contributed by atoms with van der Waals surface area (Å²) in [6, 6.07) is 0.629. The van der Waals surface area contributed by atoms with E-state index in [0.29, 0.717) is 6.04 Å². The van der Waals surface area contributed by atoms with Gasteiger partial charge in [0, 0.05) is 43.8 Å². The molecule has 0 atom stereocenters. The van der Waals surface area contributed by atoms with E-state index in [-0.39, 0.29) is 0 Å². The van der Waals surface area contributed by atoms with Crippen LogP contribution in [0.3, 0.4) is 0 Å². The predicted molar refractivity (Wildman–Crippen MR) is 70.3 cm³/mol. The molecule has 18 heavy (non-hydrogen) atoms. The number of nitrogens with one attached hydrogen (secondary N) is 1. The number of aromatic nitrogens is 4. The molecule has 0 aromatic carbocycles. The SMILES string of the molecule is Cn1cc(CNc2nccn2C2CCCC2)cn1. The van der Waals surface area contributed by atoms with Gasteiger partial charge >= 0.3 is 0 Å². The fourth-order valence-corrected chi connectivity index (χ4v) is 2.67. The van der Waals surface area contributed by atoms with E-state index in [1.807, 2.05) is 30.3 Å². The molecule has 1 aliphatic rings. The van der Waals surface area contributed by atoms with Crippen molar-refractivity contribution in [1.29, 1.82) is 0 Å². The van der Waals surface area contributed by atoms with Crippen LogP contribution >= 0.6 is 0 Å². The van der Waals surface area contributed by atoms with Gasteiger partial charge in [0.1, 0.15) is 0 Å². The van der Waals surface area contributed by atoms with Gasteiger partial charge in [0.15, 0.2) is 0 Å². The first-order chi connectivity index (χ1) is 8.83. The van der Waals surface area contributed by atoms with E-state index in [4.69, 9.17) is 0 Å². The van der Waals surface area contributed by atoms with Crippen molar-refractivity contribution < 1.29 is 0 Å². The first-order valence-corrected chi connectivity index (χ1v) is 6.57. The molecule has 0 amide bonds. The van der Waals surface area contributed by atoms with E-state index in [9.17, 15) is 0 Å². The van der Waals surface area contributed by atoms with Crippen molar-refractivity contribution in [2.45, 2.75) is 38.3 Å². The summed E-state index contributed by atoms with van der Waals surface area (Å²) in [4.78, 5) is 4.41. The molecule has 96 valence electrons. The molecule has 0 spiro atoms. The summed E-state index contributed by atoms with van der Waals surface area (Å²) >= 11 is 0. The second-order valence-electron chi connectivity index (χ2n) is 4.97. The highest BCUT2D eigenvalue weighted by Gasteiger charge is 2.18. The van der Waals surface area contributed by atoms with Crippen molar-refractivity contribution in [3.8, 4) is 0 Å². The molecule has 3 rings (SSSR count). The van der Waals surface area contributed by atoms with Crippen LogP contribution in [-0.4, -0.2) is 19.3 Å². The van der Waals surface area contributed by atoms with Crippen LogP contribution in [0.4, 0.5) is 5.95 Å². The van der Waals surface area contributed by atoms with Gasteiger partial charge in [-0.2, -0.15) is 5.10 Å². The highest BCUT2D eigenvalue weighted by molar-refractivity contribution is 5.28. The van der Waals surface area contributed by atoms with E-state index in [1.54, 1.807) is 0 Å². The van der Waals surface area contributed by atoms with Crippen molar-refractivity contribution in [3.05, 3.63) is 30.4 Å². The summed E-state index contributed by atoms with van der Waals surface area (Å²) in [5, 5.41) is 7.56. The molecule has 2 aromatic heterocycles. The van der Waals surface area contributed by atoms with E-state index in [1.165, 1.54) is 31.2 Å². The minimum atomic E-state index is 0.629. The Morgan fingerprint density at radius 2 is 2.22 bits per heavy atom. The maximum Gasteiger partial charge on any atom is 0.203 e. The molecule has 2 aromatic rings. The monoisotopic (exact) mass is 245 g/mol. The van der Waals surface area contributed by atoms with Crippen LogP contribution in [-0.2, 0) is 13.6 Å². The molecular formula is C13H19N5. The number of hydrogen-bond donors (Lipinski definition) is 1. The quantitative estimate of drug-likeness (QED) is 0.899. The van der Waals surface area contributed by atoms with Crippen LogP contribution in [0.1, 0.15) is 37.3 Å². The van der Waals surface area contributed by atoms with Gasteiger partial charge in [-0.15, -0.1) is 0 Å². The summed E-state index contributed by atoms with van der Waals surface area (Å²) in [7, 11) is 1.93. The lowest BCUT2D eigenvalue weighted by molar-refractivity contribution is 0.523. The molecule has 5 nitrogen and oxygen atoms in total. The van der Waals surface area contributed by atoms with Crippen LogP contribution < -0.4 is 5.32 Å². The lowest BCUT2D eigenvalue weighted by Crippen LogP contribution is -2.10. The Labute approximate surface area is 107 Å². The lowest BCUT2D eigenvalue weighted by Gasteiger charge is -2.15. The highest BCUT2D eigenvalue weighted by atomic mass is 15.2. The Balaban J connectivity index is 1.67. The predicted octanol–water partition coefficient (Wildman–Crippen LogP) is 2.34. The summed E-state index contributed by atoms with van der Waals surface area (Å²) in [5.74, 6) is 0.978. The second-order valence-corrected chi connectivity index (χ2v) is 4.97. The molecule has 0 bridgehead atoms. The number of hydrogen-bond acceptors (Lipinski definition) is 3. The molecule has 0 radical (unpaired) electrons. The molecule has 2 heterocycles. The molecule has 5 heteroatoms. The largest absolute Gasteiger partial charge is 0.351 e. The topological polar surface area (TPSA) is 47.7 Å². The lowest BCUT2D eigenvalue weighted by atomic mass is 10.2. The molecular weight excluding hydrogens is 226 g/mol. The van der Waals surface area contributed by atoms with Gasteiger partial charge in [-0.1, -0.05) is 12.8 Å². The number of nitrogens with zero attached hydrogens (tertiary/aromatic N) is 4. The summed E-state index contributed by atoms with van der Waals surface area (Å²) in [6.07, 6.45) is 13.1. The first kappa shape index (κ1) is 11.3. The Morgan fingerprint density at radius 1 is 1.39 bits per heavy atom.